The zero-order chi connectivity index (χ0) is 22.1. The van der Waals surface area contributed by atoms with Gasteiger partial charge in [-0.25, -0.2) is 12.9 Å². The highest BCUT2D eigenvalue weighted by molar-refractivity contribution is 7.91. The number of fused-ring (bicyclic) bond motifs is 1. The summed E-state index contributed by atoms with van der Waals surface area (Å²) in [5.41, 5.74) is 2.30. The van der Waals surface area contributed by atoms with Gasteiger partial charge in [-0.1, -0.05) is 48.9 Å². The summed E-state index contributed by atoms with van der Waals surface area (Å²) in [5, 5.41) is 7.52. The molecular weight excluding hydrogens is 424 g/mol. The van der Waals surface area contributed by atoms with E-state index in [0.717, 1.165) is 30.4 Å². The van der Waals surface area contributed by atoms with Gasteiger partial charge in [-0.3, -0.25) is 4.79 Å². The molecule has 0 amide bonds. The number of Topliss-reactive ketones (excluding diaryl/α,β-unsaturated/α-hetero) is 1. The number of pyridine rings is 1. The van der Waals surface area contributed by atoms with Crippen molar-refractivity contribution in [3.63, 3.8) is 0 Å². The lowest BCUT2D eigenvalue weighted by molar-refractivity contribution is 0.0855. The van der Waals surface area contributed by atoms with E-state index in [0.29, 0.717) is 18.1 Å². The van der Waals surface area contributed by atoms with Crippen LogP contribution in [0.2, 0.25) is 0 Å². The van der Waals surface area contributed by atoms with Crippen molar-refractivity contribution in [3.05, 3.63) is 84.1 Å². The van der Waals surface area contributed by atoms with Gasteiger partial charge in [-0.2, -0.15) is 4.98 Å². The van der Waals surface area contributed by atoms with Crippen molar-refractivity contribution < 1.29 is 13.2 Å². The molecule has 0 atom stereocenters. The molecule has 4 aromatic rings. The minimum Gasteiger partial charge on any atom is -0.349 e. The summed E-state index contributed by atoms with van der Waals surface area (Å²) in [5.74, 6) is 0.824. The average molecular weight is 447 g/mol. The number of hydrogen-bond acceptors (Lipinski definition) is 6. The van der Waals surface area contributed by atoms with E-state index < -0.39 is 9.84 Å². The highest BCUT2D eigenvalue weighted by Crippen LogP contribution is 2.29. The number of benzene rings is 2. The van der Waals surface area contributed by atoms with Crippen LogP contribution >= 0.6 is 0 Å². The molecule has 0 saturated heterocycles. The SMILES string of the molecule is O=C(c1ccc(CNc2nc3ccc(S(=O)(=O)c4ccccc4)cn3n2)cc1)C1CCC1. The fraction of sp³-hybridized carbons (Fsp3) is 0.208. The highest BCUT2D eigenvalue weighted by atomic mass is 32.2. The molecule has 0 spiro atoms. The monoisotopic (exact) mass is 446 g/mol. The number of rotatable bonds is 7. The van der Waals surface area contributed by atoms with Crippen molar-refractivity contribution in [1.82, 2.24) is 14.6 Å². The van der Waals surface area contributed by atoms with Crippen LogP contribution in [0.4, 0.5) is 5.95 Å². The zero-order valence-corrected chi connectivity index (χ0v) is 18.1. The maximum absolute atomic E-state index is 12.8. The Bertz CT molecular complexity index is 1380. The molecule has 8 heteroatoms. The van der Waals surface area contributed by atoms with Gasteiger partial charge in [0.1, 0.15) is 0 Å². The molecule has 1 fully saturated rings. The predicted octanol–water partition coefficient (Wildman–Crippen LogP) is 4.16. The van der Waals surface area contributed by atoms with Crippen LogP contribution in [-0.4, -0.2) is 28.8 Å². The number of anilines is 1. The number of carbonyl (C=O) groups excluding carboxylic acids is 1. The third-order valence-corrected chi connectivity index (χ3v) is 7.59. The first-order valence-corrected chi connectivity index (χ1v) is 12.0. The Morgan fingerprint density at radius 2 is 1.72 bits per heavy atom. The van der Waals surface area contributed by atoms with Gasteiger partial charge in [-0.15, -0.1) is 5.10 Å². The molecule has 2 heterocycles. The Morgan fingerprint density at radius 3 is 2.41 bits per heavy atom. The predicted molar refractivity (Wildman–Crippen MR) is 120 cm³/mol. The van der Waals surface area contributed by atoms with E-state index in [1.807, 2.05) is 24.3 Å². The molecule has 7 nitrogen and oxygen atoms in total. The lowest BCUT2D eigenvalue weighted by atomic mass is 9.80. The van der Waals surface area contributed by atoms with Gasteiger partial charge in [0.25, 0.3) is 0 Å². The van der Waals surface area contributed by atoms with Crippen LogP contribution in [-0.2, 0) is 16.4 Å². The van der Waals surface area contributed by atoms with Crippen LogP contribution < -0.4 is 5.32 Å². The number of carbonyl (C=O) groups is 1. The smallest absolute Gasteiger partial charge is 0.243 e. The maximum atomic E-state index is 12.8. The lowest BCUT2D eigenvalue weighted by Gasteiger charge is -2.23. The van der Waals surface area contributed by atoms with E-state index >= 15 is 0 Å². The van der Waals surface area contributed by atoms with Crippen molar-refractivity contribution in [2.75, 3.05) is 5.32 Å². The van der Waals surface area contributed by atoms with Crippen LogP contribution in [0.15, 0.2) is 82.7 Å². The Morgan fingerprint density at radius 1 is 0.969 bits per heavy atom. The normalized spacial score (nSPS) is 14.2. The van der Waals surface area contributed by atoms with Crippen LogP contribution in [0.3, 0.4) is 0 Å². The van der Waals surface area contributed by atoms with Crippen molar-refractivity contribution >= 4 is 27.2 Å². The minimum absolute atomic E-state index is 0.152. The number of ketones is 1. The summed E-state index contributed by atoms with van der Waals surface area (Å²) in [6, 6.07) is 19.1. The standard InChI is InChI=1S/C24H22N4O3S/c29-23(18-5-4-6-18)19-11-9-17(10-12-19)15-25-24-26-22-14-13-21(16-28(22)27-24)32(30,31)20-7-2-1-3-8-20/h1-3,7-14,16,18H,4-6,15H2,(H,25,27). The molecule has 5 rings (SSSR count). The van der Waals surface area contributed by atoms with Crippen LogP contribution in [0.25, 0.3) is 5.65 Å². The van der Waals surface area contributed by atoms with Crippen molar-refractivity contribution in [3.8, 4) is 0 Å². The van der Waals surface area contributed by atoms with Gasteiger partial charge in [0.2, 0.25) is 15.8 Å². The van der Waals surface area contributed by atoms with Gasteiger partial charge in [-0.05, 0) is 42.7 Å². The second-order valence-corrected chi connectivity index (χ2v) is 9.91. The van der Waals surface area contributed by atoms with E-state index in [-0.39, 0.29) is 21.5 Å². The number of aromatic nitrogens is 3. The minimum atomic E-state index is -3.63. The number of nitrogens with zero attached hydrogens (tertiary/aromatic N) is 3. The van der Waals surface area contributed by atoms with Crippen LogP contribution in [0.1, 0.15) is 35.2 Å². The largest absolute Gasteiger partial charge is 0.349 e. The molecule has 0 unspecified atom stereocenters. The third kappa shape index (κ3) is 3.89. The van der Waals surface area contributed by atoms with Gasteiger partial charge >= 0.3 is 0 Å². The van der Waals surface area contributed by atoms with E-state index in [1.54, 1.807) is 36.4 Å². The number of sulfone groups is 1. The zero-order valence-electron chi connectivity index (χ0n) is 17.3. The van der Waals surface area contributed by atoms with Gasteiger partial charge in [0, 0.05) is 18.0 Å². The molecule has 162 valence electrons. The van der Waals surface area contributed by atoms with Gasteiger partial charge in [0.15, 0.2) is 11.4 Å². The molecule has 1 aliphatic rings. The first kappa shape index (κ1) is 20.4. The van der Waals surface area contributed by atoms with Crippen LogP contribution in [0, 0.1) is 5.92 Å². The number of hydrogen-bond donors (Lipinski definition) is 1. The summed E-state index contributed by atoms with van der Waals surface area (Å²) in [6.07, 6.45) is 4.60. The second kappa shape index (κ2) is 8.20. The molecule has 32 heavy (non-hydrogen) atoms. The Kier molecular flexibility index (Phi) is 5.22. The molecule has 2 aromatic carbocycles. The molecule has 0 aliphatic heterocycles. The average Bonchev–Trinajstić information content (AvgIpc) is 3.20. The molecule has 1 saturated carbocycles. The fourth-order valence-electron chi connectivity index (χ4n) is 3.71. The topological polar surface area (TPSA) is 93.4 Å². The first-order valence-electron chi connectivity index (χ1n) is 10.5. The van der Waals surface area contributed by atoms with Crippen LogP contribution in [0.5, 0.6) is 0 Å². The summed E-state index contributed by atoms with van der Waals surface area (Å²) in [7, 11) is -3.63. The Balaban J connectivity index is 1.30. The quantitative estimate of drug-likeness (QED) is 0.429. The van der Waals surface area contributed by atoms with E-state index in [9.17, 15) is 13.2 Å². The summed E-state index contributed by atoms with van der Waals surface area (Å²) in [6.45, 7) is 0.490. The molecule has 1 aliphatic carbocycles. The lowest BCUT2D eigenvalue weighted by Crippen LogP contribution is -2.21. The molecule has 0 bridgehead atoms. The Hall–Kier alpha value is -3.52. The molecule has 0 radical (unpaired) electrons. The van der Waals surface area contributed by atoms with Crippen molar-refractivity contribution in [2.45, 2.75) is 35.6 Å². The first-order chi connectivity index (χ1) is 15.5. The van der Waals surface area contributed by atoms with E-state index in [4.69, 9.17) is 0 Å². The molecule has 1 N–H and O–H groups in total. The highest BCUT2D eigenvalue weighted by Gasteiger charge is 2.26. The molecular formula is C24H22N4O3S. The summed E-state index contributed by atoms with van der Waals surface area (Å²) >= 11 is 0. The third-order valence-electron chi connectivity index (χ3n) is 5.83. The van der Waals surface area contributed by atoms with Crippen molar-refractivity contribution in [2.24, 2.45) is 5.92 Å². The van der Waals surface area contributed by atoms with Gasteiger partial charge < -0.3 is 5.32 Å². The van der Waals surface area contributed by atoms with E-state index in [2.05, 4.69) is 15.4 Å². The maximum Gasteiger partial charge on any atom is 0.243 e. The van der Waals surface area contributed by atoms with E-state index in [1.165, 1.54) is 16.8 Å². The summed E-state index contributed by atoms with van der Waals surface area (Å²) in [4.78, 5) is 17.1. The van der Waals surface area contributed by atoms with Gasteiger partial charge in [0.05, 0.1) is 16.0 Å². The summed E-state index contributed by atoms with van der Waals surface area (Å²) < 4.78 is 27.1. The Labute approximate surface area is 186 Å². The molecule has 2 aromatic heterocycles. The fourth-order valence-corrected chi connectivity index (χ4v) is 4.98. The number of nitrogens with one attached hydrogen (secondary N) is 1. The second-order valence-electron chi connectivity index (χ2n) is 7.96. The van der Waals surface area contributed by atoms with Crippen molar-refractivity contribution in [1.29, 1.82) is 0 Å².